The summed E-state index contributed by atoms with van der Waals surface area (Å²) in [4.78, 5) is 19.4. The van der Waals surface area contributed by atoms with Crippen LogP contribution in [0.5, 0.6) is 11.5 Å². The summed E-state index contributed by atoms with van der Waals surface area (Å²) in [7, 11) is 1.57. The predicted molar refractivity (Wildman–Crippen MR) is 121 cm³/mol. The molecule has 0 saturated heterocycles. The van der Waals surface area contributed by atoms with E-state index in [0.29, 0.717) is 33.7 Å². The number of hydrogen-bond donors (Lipinski definition) is 0. The fraction of sp³-hybridized carbons (Fsp3) is 0.130. The molecule has 30 heavy (non-hydrogen) atoms. The molecule has 0 saturated carbocycles. The smallest absolute Gasteiger partial charge is 0.267 e. The highest BCUT2D eigenvalue weighted by molar-refractivity contribution is 7.22. The lowest BCUT2D eigenvalue weighted by molar-refractivity contribution is -0.120. The minimum absolute atomic E-state index is 0.142. The molecule has 0 unspecified atom stereocenters. The molecule has 1 aromatic heterocycles. The van der Waals surface area contributed by atoms with Crippen LogP contribution >= 0.6 is 22.9 Å². The van der Waals surface area contributed by atoms with Gasteiger partial charge >= 0.3 is 0 Å². The minimum atomic E-state index is -0.208. The highest BCUT2D eigenvalue weighted by Gasteiger charge is 2.22. The van der Waals surface area contributed by atoms with E-state index in [4.69, 9.17) is 21.1 Å². The van der Waals surface area contributed by atoms with Crippen molar-refractivity contribution in [3.63, 3.8) is 0 Å². The van der Waals surface area contributed by atoms with Crippen LogP contribution in [0.2, 0.25) is 5.02 Å². The van der Waals surface area contributed by atoms with Gasteiger partial charge in [0, 0.05) is 0 Å². The van der Waals surface area contributed by atoms with Gasteiger partial charge in [-0.3, -0.25) is 9.69 Å². The maximum atomic E-state index is 13.2. The van der Waals surface area contributed by atoms with Gasteiger partial charge in [-0.25, -0.2) is 4.98 Å². The van der Waals surface area contributed by atoms with Gasteiger partial charge in [0.1, 0.15) is 5.52 Å². The number of halogens is 1. The number of benzene rings is 3. The van der Waals surface area contributed by atoms with Gasteiger partial charge in [0.2, 0.25) is 0 Å². The first kappa shape index (κ1) is 20.2. The second kappa shape index (κ2) is 9.15. The first-order valence-corrected chi connectivity index (χ1v) is 10.5. The third-order valence-corrected chi connectivity index (χ3v) is 5.84. The van der Waals surface area contributed by atoms with Gasteiger partial charge in [-0.05, 0) is 29.8 Å². The molecule has 7 heteroatoms. The van der Waals surface area contributed by atoms with Crippen molar-refractivity contribution in [3.8, 4) is 11.5 Å². The molecule has 1 heterocycles. The number of fused-ring (bicyclic) bond motifs is 1. The average Bonchev–Trinajstić information content (AvgIpc) is 3.22. The molecule has 0 N–H and O–H groups in total. The number of hydrogen-bond acceptors (Lipinski definition) is 5. The van der Waals surface area contributed by atoms with Gasteiger partial charge in [-0.2, -0.15) is 0 Å². The highest BCUT2D eigenvalue weighted by atomic mass is 35.5. The summed E-state index contributed by atoms with van der Waals surface area (Å²) in [6.45, 7) is 0.239. The fourth-order valence-electron chi connectivity index (χ4n) is 3.00. The molecule has 0 aliphatic carbocycles. The molecule has 0 spiro atoms. The maximum absolute atomic E-state index is 13.2. The molecule has 152 valence electrons. The SMILES string of the molecule is COc1ccccc1OCC(=O)N(Cc1ccccc1)c1nc2c(Cl)cccc2s1. The zero-order valence-electron chi connectivity index (χ0n) is 16.2. The zero-order valence-corrected chi connectivity index (χ0v) is 17.8. The first-order valence-electron chi connectivity index (χ1n) is 9.31. The van der Waals surface area contributed by atoms with Crippen LogP contribution in [0.4, 0.5) is 5.13 Å². The quantitative estimate of drug-likeness (QED) is 0.378. The molecule has 4 rings (SSSR count). The molecule has 3 aromatic carbocycles. The number of methoxy groups -OCH3 is 1. The van der Waals surface area contributed by atoms with E-state index in [-0.39, 0.29) is 12.5 Å². The Kier molecular flexibility index (Phi) is 6.16. The fourth-order valence-corrected chi connectivity index (χ4v) is 4.28. The molecule has 0 aliphatic rings. The Morgan fingerprint density at radius 1 is 1.00 bits per heavy atom. The zero-order chi connectivity index (χ0) is 20.9. The number of ether oxygens (including phenoxy) is 2. The molecule has 0 fully saturated rings. The summed E-state index contributed by atoms with van der Waals surface area (Å²) < 4.78 is 12.0. The number of rotatable bonds is 7. The van der Waals surface area contributed by atoms with Crippen LogP contribution in [0.1, 0.15) is 5.56 Å². The van der Waals surface area contributed by atoms with Crippen molar-refractivity contribution in [2.45, 2.75) is 6.54 Å². The van der Waals surface area contributed by atoms with E-state index in [0.717, 1.165) is 10.3 Å². The van der Waals surface area contributed by atoms with E-state index in [1.165, 1.54) is 11.3 Å². The lowest BCUT2D eigenvalue weighted by Crippen LogP contribution is -2.34. The number of amides is 1. The van der Waals surface area contributed by atoms with Crippen molar-refractivity contribution >= 4 is 44.2 Å². The predicted octanol–water partition coefficient (Wildman–Crippen LogP) is 5.57. The number of anilines is 1. The Labute approximate surface area is 183 Å². The van der Waals surface area contributed by atoms with Gasteiger partial charge in [0.05, 0.1) is 23.4 Å². The molecule has 0 radical (unpaired) electrons. The van der Waals surface area contributed by atoms with Gasteiger partial charge in [-0.1, -0.05) is 71.5 Å². The third kappa shape index (κ3) is 4.40. The van der Waals surface area contributed by atoms with E-state index in [1.54, 1.807) is 30.2 Å². The van der Waals surface area contributed by atoms with Crippen molar-refractivity contribution in [2.24, 2.45) is 0 Å². The molecule has 0 aliphatic heterocycles. The minimum Gasteiger partial charge on any atom is -0.493 e. The number of para-hydroxylation sites is 3. The Hall–Kier alpha value is -3.09. The first-order chi connectivity index (χ1) is 14.7. The molecule has 1 amide bonds. The van der Waals surface area contributed by atoms with Crippen LogP contribution < -0.4 is 14.4 Å². The lowest BCUT2D eigenvalue weighted by atomic mass is 10.2. The number of nitrogens with zero attached hydrogens (tertiary/aromatic N) is 2. The Balaban J connectivity index is 1.62. The van der Waals surface area contributed by atoms with E-state index in [2.05, 4.69) is 4.98 Å². The van der Waals surface area contributed by atoms with Gasteiger partial charge < -0.3 is 9.47 Å². The molecular formula is C23H19ClN2O3S. The van der Waals surface area contributed by atoms with Crippen LogP contribution in [0.25, 0.3) is 10.2 Å². The maximum Gasteiger partial charge on any atom is 0.267 e. The largest absolute Gasteiger partial charge is 0.493 e. The monoisotopic (exact) mass is 438 g/mol. The van der Waals surface area contributed by atoms with Gasteiger partial charge in [-0.15, -0.1) is 0 Å². The number of carbonyl (C=O) groups is 1. The standard InChI is InChI=1S/C23H19ClN2O3S/c1-28-18-11-5-6-12-19(18)29-15-21(27)26(14-16-8-3-2-4-9-16)23-25-22-17(24)10-7-13-20(22)30-23/h2-13H,14-15H2,1H3. The summed E-state index contributed by atoms with van der Waals surface area (Å²) >= 11 is 7.72. The van der Waals surface area contributed by atoms with Crippen LogP contribution in [0.15, 0.2) is 72.8 Å². The van der Waals surface area contributed by atoms with E-state index in [9.17, 15) is 4.79 Å². The van der Waals surface area contributed by atoms with Gasteiger partial charge in [0.25, 0.3) is 5.91 Å². The van der Waals surface area contributed by atoms with Crippen LogP contribution in [-0.2, 0) is 11.3 Å². The molecule has 0 atom stereocenters. The molecular weight excluding hydrogens is 420 g/mol. The summed E-state index contributed by atoms with van der Waals surface area (Å²) in [5, 5.41) is 1.14. The van der Waals surface area contributed by atoms with Crippen LogP contribution in [0.3, 0.4) is 0 Å². The number of thiazole rings is 1. The summed E-state index contributed by atoms with van der Waals surface area (Å²) in [5.74, 6) is 0.881. The van der Waals surface area contributed by atoms with Gasteiger partial charge in [0.15, 0.2) is 23.2 Å². The normalized spacial score (nSPS) is 10.7. The van der Waals surface area contributed by atoms with Crippen LogP contribution in [-0.4, -0.2) is 24.6 Å². The summed E-state index contributed by atoms with van der Waals surface area (Å²) in [6, 6.07) is 22.6. The highest BCUT2D eigenvalue weighted by Crippen LogP contribution is 2.34. The summed E-state index contributed by atoms with van der Waals surface area (Å²) in [6.07, 6.45) is 0. The van der Waals surface area contributed by atoms with Crippen molar-refractivity contribution in [2.75, 3.05) is 18.6 Å². The Morgan fingerprint density at radius 3 is 2.47 bits per heavy atom. The van der Waals surface area contributed by atoms with Crippen molar-refractivity contribution in [3.05, 3.63) is 83.4 Å². The van der Waals surface area contributed by atoms with Crippen molar-refractivity contribution in [1.82, 2.24) is 4.98 Å². The van der Waals surface area contributed by atoms with Crippen molar-refractivity contribution in [1.29, 1.82) is 0 Å². The second-order valence-corrected chi connectivity index (χ2v) is 7.90. The van der Waals surface area contributed by atoms with E-state index in [1.807, 2.05) is 54.6 Å². The van der Waals surface area contributed by atoms with E-state index < -0.39 is 0 Å². The second-order valence-electron chi connectivity index (χ2n) is 6.49. The molecule has 5 nitrogen and oxygen atoms in total. The Morgan fingerprint density at radius 2 is 1.73 bits per heavy atom. The number of aromatic nitrogens is 1. The van der Waals surface area contributed by atoms with Crippen LogP contribution in [0, 0.1) is 0 Å². The van der Waals surface area contributed by atoms with E-state index >= 15 is 0 Å². The topological polar surface area (TPSA) is 51.7 Å². The molecule has 4 aromatic rings. The van der Waals surface area contributed by atoms with Crippen molar-refractivity contribution < 1.29 is 14.3 Å². The molecule has 0 bridgehead atoms. The third-order valence-electron chi connectivity index (χ3n) is 4.49. The Bertz CT molecular complexity index is 1160. The lowest BCUT2D eigenvalue weighted by Gasteiger charge is -2.20. The average molecular weight is 439 g/mol. The number of carbonyl (C=O) groups excluding carboxylic acids is 1. The summed E-state index contributed by atoms with van der Waals surface area (Å²) in [5.41, 5.74) is 1.68.